The van der Waals surface area contributed by atoms with Crippen LogP contribution in [-0.2, 0) is 4.79 Å². The first kappa shape index (κ1) is 15.5. The van der Waals surface area contributed by atoms with Gasteiger partial charge in [-0.3, -0.25) is 4.79 Å². The van der Waals surface area contributed by atoms with Gasteiger partial charge in [-0.15, -0.1) is 0 Å². The predicted octanol–water partition coefficient (Wildman–Crippen LogP) is 1.95. The first-order valence-electron chi connectivity index (χ1n) is 6.61. The average Bonchev–Trinajstić information content (AvgIpc) is 2.83. The van der Waals surface area contributed by atoms with E-state index in [1.165, 1.54) is 18.2 Å². The van der Waals surface area contributed by atoms with Gasteiger partial charge in [-0.05, 0) is 24.6 Å². The standard InChI is InChI=1S/C14H19NO2.CH5N/c1-10(2)11-4-5-13-12(7-15(3)9-16)8-17-14(13)6-11;1-2/h4-6,9-10,12H,7-8H2,1-3H3;2H2,1H3. The number of nitrogens with zero attached hydrogens (tertiary/aromatic N) is 1. The first-order chi connectivity index (χ1) is 9.11. The van der Waals surface area contributed by atoms with Gasteiger partial charge in [0.2, 0.25) is 6.41 Å². The summed E-state index contributed by atoms with van der Waals surface area (Å²) in [4.78, 5) is 12.3. The summed E-state index contributed by atoms with van der Waals surface area (Å²) in [5.41, 5.74) is 7.02. The van der Waals surface area contributed by atoms with E-state index in [0.717, 1.165) is 18.7 Å². The number of fused-ring (bicyclic) bond motifs is 1. The van der Waals surface area contributed by atoms with Crippen molar-refractivity contribution in [3.05, 3.63) is 29.3 Å². The van der Waals surface area contributed by atoms with Gasteiger partial charge >= 0.3 is 0 Å². The Labute approximate surface area is 115 Å². The molecule has 1 aliphatic rings. The zero-order valence-electron chi connectivity index (χ0n) is 12.2. The van der Waals surface area contributed by atoms with Crippen LogP contribution in [0.2, 0.25) is 0 Å². The molecule has 0 bridgehead atoms. The summed E-state index contributed by atoms with van der Waals surface area (Å²) in [6.45, 7) is 5.75. The minimum Gasteiger partial charge on any atom is -0.493 e. The molecule has 106 valence electrons. The maximum absolute atomic E-state index is 10.6. The van der Waals surface area contributed by atoms with Crippen LogP contribution in [0.5, 0.6) is 5.75 Å². The molecule has 1 aromatic carbocycles. The topological polar surface area (TPSA) is 55.6 Å². The quantitative estimate of drug-likeness (QED) is 0.846. The number of amides is 1. The second kappa shape index (κ2) is 7.14. The van der Waals surface area contributed by atoms with Crippen LogP contribution in [0.4, 0.5) is 0 Å². The molecule has 0 radical (unpaired) electrons. The molecule has 0 aliphatic carbocycles. The van der Waals surface area contributed by atoms with Gasteiger partial charge in [0.25, 0.3) is 0 Å². The van der Waals surface area contributed by atoms with Crippen molar-refractivity contribution in [2.24, 2.45) is 5.73 Å². The van der Waals surface area contributed by atoms with Gasteiger partial charge in [0, 0.05) is 25.1 Å². The van der Waals surface area contributed by atoms with Gasteiger partial charge in [0.1, 0.15) is 5.75 Å². The Bertz CT molecular complexity index is 419. The van der Waals surface area contributed by atoms with E-state index in [-0.39, 0.29) is 0 Å². The van der Waals surface area contributed by atoms with Crippen LogP contribution < -0.4 is 10.5 Å². The molecule has 1 atom stereocenters. The molecule has 1 amide bonds. The summed E-state index contributed by atoms with van der Waals surface area (Å²) in [6, 6.07) is 6.42. The lowest BCUT2D eigenvalue weighted by molar-refractivity contribution is -0.117. The predicted molar refractivity (Wildman–Crippen MR) is 77.6 cm³/mol. The van der Waals surface area contributed by atoms with E-state index >= 15 is 0 Å². The number of benzene rings is 1. The van der Waals surface area contributed by atoms with Gasteiger partial charge < -0.3 is 15.4 Å². The number of ether oxygens (including phenoxy) is 1. The maximum atomic E-state index is 10.6. The second-order valence-electron chi connectivity index (χ2n) is 5.00. The Kier molecular flexibility index (Phi) is 5.83. The molecule has 19 heavy (non-hydrogen) atoms. The summed E-state index contributed by atoms with van der Waals surface area (Å²) in [5, 5.41) is 0. The number of hydrogen-bond donors (Lipinski definition) is 1. The second-order valence-corrected chi connectivity index (χ2v) is 5.00. The molecule has 1 aromatic rings. The van der Waals surface area contributed by atoms with Crippen molar-refractivity contribution >= 4 is 6.41 Å². The smallest absolute Gasteiger partial charge is 0.209 e. The Morgan fingerprint density at radius 1 is 1.47 bits per heavy atom. The van der Waals surface area contributed by atoms with Crippen LogP contribution in [0.15, 0.2) is 18.2 Å². The molecule has 1 unspecified atom stereocenters. The SMILES string of the molecule is CC(C)c1ccc2c(c1)OCC2CN(C)C=O.CN. The van der Waals surface area contributed by atoms with Crippen molar-refractivity contribution in [1.29, 1.82) is 0 Å². The minimum atomic E-state index is 0.307. The molecule has 2 rings (SSSR count). The summed E-state index contributed by atoms with van der Waals surface area (Å²) >= 11 is 0. The fourth-order valence-corrected chi connectivity index (χ4v) is 2.19. The summed E-state index contributed by atoms with van der Waals surface area (Å²) in [5.74, 6) is 1.81. The third kappa shape index (κ3) is 3.70. The number of likely N-dealkylation sites (N-methyl/N-ethyl adjacent to an activating group) is 1. The van der Waals surface area contributed by atoms with E-state index in [0.29, 0.717) is 18.4 Å². The highest BCUT2D eigenvalue weighted by atomic mass is 16.5. The minimum absolute atomic E-state index is 0.307. The van der Waals surface area contributed by atoms with Crippen molar-refractivity contribution in [2.45, 2.75) is 25.7 Å². The number of nitrogens with two attached hydrogens (primary N) is 1. The largest absolute Gasteiger partial charge is 0.493 e. The molecule has 0 saturated heterocycles. The Hall–Kier alpha value is -1.55. The van der Waals surface area contributed by atoms with E-state index < -0.39 is 0 Å². The zero-order valence-corrected chi connectivity index (χ0v) is 12.2. The monoisotopic (exact) mass is 264 g/mol. The van der Waals surface area contributed by atoms with E-state index in [1.54, 1.807) is 11.9 Å². The molecule has 0 fully saturated rings. The lowest BCUT2D eigenvalue weighted by atomic mass is 9.96. The summed E-state index contributed by atoms with van der Waals surface area (Å²) < 4.78 is 5.70. The highest BCUT2D eigenvalue weighted by Gasteiger charge is 2.25. The Balaban J connectivity index is 0.000000861. The van der Waals surface area contributed by atoms with Crippen molar-refractivity contribution in [1.82, 2.24) is 4.90 Å². The van der Waals surface area contributed by atoms with Crippen LogP contribution in [0.3, 0.4) is 0 Å². The molecule has 4 nitrogen and oxygen atoms in total. The van der Waals surface area contributed by atoms with E-state index in [1.807, 2.05) is 0 Å². The molecule has 0 spiro atoms. The number of carbonyl (C=O) groups excluding carboxylic acids is 1. The first-order valence-corrected chi connectivity index (χ1v) is 6.61. The molecular formula is C15H24N2O2. The molecule has 0 aromatic heterocycles. The number of carbonyl (C=O) groups is 1. The van der Waals surface area contributed by atoms with Crippen LogP contribution in [0, 0.1) is 0 Å². The lowest BCUT2D eigenvalue weighted by Gasteiger charge is -2.15. The average molecular weight is 264 g/mol. The molecule has 1 aliphatic heterocycles. The van der Waals surface area contributed by atoms with Crippen molar-refractivity contribution in [3.8, 4) is 5.75 Å². The van der Waals surface area contributed by atoms with Crippen molar-refractivity contribution in [3.63, 3.8) is 0 Å². The molecule has 2 N–H and O–H groups in total. The van der Waals surface area contributed by atoms with Crippen molar-refractivity contribution < 1.29 is 9.53 Å². The summed E-state index contributed by atoms with van der Waals surface area (Å²) in [6.07, 6.45) is 0.862. The fourth-order valence-electron chi connectivity index (χ4n) is 2.19. The maximum Gasteiger partial charge on any atom is 0.209 e. The van der Waals surface area contributed by atoms with Gasteiger partial charge in [0.15, 0.2) is 0 Å². The molecule has 4 heteroatoms. The van der Waals surface area contributed by atoms with Crippen LogP contribution >= 0.6 is 0 Å². The normalized spacial score (nSPS) is 16.2. The van der Waals surface area contributed by atoms with Crippen LogP contribution in [0.1, 0.15) is 36.8 Å². The Morgan fingerprint density at radius 3 is 2.74 bits per heavy atom. The van der Waals surface area contributed by atoms with Crippen LogP contribution in [0.25, 0.3) is 0 Å². The fraction of sp³-hybridized carbons (Fsp3) is 0.533. The molecular weight excluding hydrogens is 240 g/mol. The molecule has 1 heterocycles. The van der Waals surface area contributed by atoms with E-state index in [2.05, 4.69) is 37.8 Å². The van der Waals surface area contributed by atoms with Gasteiger partial charge in [-0.2, -0.15) is 0 Å². The summed E-state index contributed by atoms with van der Waals surface area (Å²) in [7, 11) is 3.30. The Morgan fingerprint density at radius 2 is 2.16 bits per heavy atom. The third-order valence-electron chi connectivity index (χ3n) is 3.27. The zero-order chi connectivity index (χ0) is 14.4. The van der Waals surface area contributed by atoms with Gasteiger partial charge in [0.05, 0.1) is 6.61 Å². The van der Waals surface area contributed by atoms with Gasteiger partial charge in [-0.25, -0.2) is 0 Å². The highest BCUT2D eigenvalue weighted by Crippen LogP contribution is 2.36. The van der Waals surface area contributed by atoms with E-state index in [4.69, 9.17) is 4.74 Å². The number of rotatable bonds is 4. The van der Waals surface area contributed by atoms with Crippen molar-refractivity contribution in [2.75, 3.05) is 27.2 Å². The molecule has 0 saturated carbocycles. The van der Waals surface area contributed by atoms with Crippen LogP contribution in [-0.4, -0.2) is 38.6 Å². The lowest BCUT2D eigenvalue weighted by Crippen LogP contribution is -2.23. The van der Waals surface area contributed by atoms with Gasteiger partial charge in [-0.1, -0.05) is 26.0 Å². The highest BCUT2D eigenvalue weighted by molar-refractivity contribution is 5.48. The third-order valence-corrected chi connectivity index (χ3v) is 3.27. The number of hydrogen-bond acceptors (Lipinski definition) is 3. The van der Waals surface area contributed by atoms with E-state index in [9.17, 15) is 4.79 Å².